The molecule has 0 saturated heterocycles. The van der Waals surface area contributed by atoms with Crippen LogP contribution < -0.4 is 10.7 Å². The molecule has 0 fully saturated rings. The molecule has 3 aromatic carbocycles. The van der Waals surface area contributed by atoms with E-state index in [4.69, 9.17) is 0 Å². The average Bonchev–Trinajstić information content (AvgIpc) is 2.70. The smallest absolute Gasteiger partial charge is 0.294 e. The van der Waals surface area contributed by atoms with Gasteiger partial charge in [-0.1, -0.05) is 29.8 Å². The largest absolute Gasteiger partial charge is 0.508 e. The second-order valence-electron chi connectivity index (χ2n) is 6.27. The van der Waals surface area contributed by atoms with Crippen molar-refractivity contribution in [2.45, 2.75) is 6.92 Å². The van der Waals surface area contributed by atoms with Gasteiger partial charge in [0.15, 0.2) is 0 Å². The number of hydrogen-bond acceptors (Lipinski definition) is 6. The Morgan fingerprint density at radius 2 is 1.86 bits per heavy atom. The number of nitrogens with one attached hydrogen (secondary N) is 2. The predicted molar refractivity (Wildman–Crippen MR) is 112 cm³/mol. The van der Waals surface area contributed by atoms with Gasteiger partial charge in [-0.25, -0.2) is 0 Å². The van der Waals surface area contributed by atoms with Gasteiger partial charge in [-0.05, 0) is 48.9 Å². The fourth-order valence-corrected chi connectivity index (χ4v) is 2.54. The van der Waals surface area contributed by atoms with Crippen LogP contribution in [0.3, 0.4) is 0 Å². The van der Waals surface area contributed by atoms with Crippen molar-refractivity contribution in [3.63, 3.8) is 0 Å². The highest BCUT2D eigenvalue weighted by molar-refractivity contribution is 6.05. The summed E-state index contributed by atoms with van der Waals surface area (Å²) in [4.78, 5) is 23.2. The third-order valence-corrected chi connectivity index (χ3v) is 4.03. The monoisotopic (exact) mass is 390 g/mol. The molecule has 0 unspecified atom stereocenters. The van der Waals surface area contributed by atoms with Crippen molar-refractivity contribution < 1.29 is 14.8 Å². The minimum atomic E-state index is -0.588. The van der Waals surface area contributed by atoms with Gasteiger partial charge in [-0.15, -0.1) is 0 Å². The topological polar surface area (TPSA) is 117 Å². The number of aryl methyl sites for hydroxylation is 1. The van der Waals surface area contributed by atoms with Gasteiger partial charge in [0, 0.05) is 17.3 Å². The van der Waals surface area contributed by atoms with Gasteiger partial charge in [-0.3, -0.25) is 20.3 Å². The molecule has 146 valence electrons. The van der Waals surface area contributed by atoms with Crippen molar-refractivity contribution in [2.75, 3.05) is 10.7 Å². The first kappa shape index (κ1) is 19.6. The SMILES string of the molecule is Cc1ccc(NC(=O)c2ccc(N/N=C\c3cccc(O)c3)c([N+](=O)[O-])c2)cc1. The number of amides is 1. The fourth-order valence-electron chi connectivity index (χ4n) is 2.54. The zero-order valence-corrected chi connectivity index (χ0v) is 15.5. The number of hydrogen-bond donors (Lipinski definition) is 3. The number of anilines is 2. The Morgan fingerprint density at radius 3 is 2.55 bits per heavy atom. The highest BCUT2D eigenvalue weighted by atomic mass is 16.6. The minimum absolute atomic E-state index is 0.0869. The van der Waals surface area contributed by atoms with E-state index in [2.05, 4.69) is 15.8 Å². The summed E-state index contributed by atoms with van der Waals surface area (Å²) >= 11 is 0. The van der Waals surface area contributed by atoms with Crippen LogP contribution in [0.15, 0.2) is 71.8 Å². The molecule has 0 aliphatic carbocycles. The zero-order chi connectivity index (χ0) is 20.8. The number of hydrazone groups is 1. The number of carbonyl (C=O) groups excluding carboxylic acids is 1. The maximum atomic E-state index is 12.4. The maximum absolute atomic E-state index is 12.4. The summed E-state index contributed by atoms with van der Waals surface area (Å²) in [5.41, 5.74) is 4.88. The molecule has 0 atom stereocenters. The second kappa shape index (κ2) is 8.66. The van der Waals surface area contributed by atoms with Crippen LogP contribution >= 0.6 is 0 Å². The molecule has 0 spiro atoms. The number of nitro benzene ring substituents is 1. The molecule has 0 radical (unpaired) electrons. The van der Waals surface area contributed by atoms with Gasteiger partial charge < -0.3 is 10.4 Å². The Balaban J connectivity index is 1.76. The summed E-state index contributed by atoms with van der Waals surface area (Å²) in [6.07, 6.45) is 1.42. The van der Waals surface area contributed by atoms with Crippen molar-refractivity contribution in [2.24, 2.45) is 5.10 Å². The summed E-state index contributed by atoms with van der Waals surface area (Å²) in [5, 5.41) is 27.5. The Hall–Kier alpha value is -4.20. The molecular weight excluding hydrogens is 372 g/mol. The molecule has 8 nitrogen and oxygen atoms in total. The predicted octanol–water partition coefficient (Wildman–Crippen LogP) is 4.31. The van der Waals surface area contributed by atoms with Crippen LogP contribution in [0.1, 0.15) is 21.5 Å². The summed E-state index contributed by atoms with van der Waals surface area (Å²) in [6, 6.07) is 17.7. The van der Waals surface area contributed by atoms with Gasteiger partial charge in [0.2, 0.25) is 0 Å². The number of rotatable bonds is 6. The lowest BCUT2D eigenvalue weighted by Gasteiger charge is -2.07. The van der Waals surface area contributed by atoms with E-state index in [-0.39, 0.29) is 22.7 Å². The van der Waals surface area contributed by atoms with Crippen LogP contribution in [0.25, 0.3) is 0 Å². The highest BCUT2D eigenvalue weighted by Gasteiger charge is 2.17. The van der Waals surface area contributed by atoms with Crippen LogP contribution in [-0.4, -0.2) is 22.2 Å². The second-order valence-corrected chi connectivity index (χ2v) is 6.27. The molecule has 3 N–H and O–H groups in total. The first-order chi connectivity index (χ1) is 13.9. The fraction of sp³-hybridized carbons (Fsp3) is 0.0476. The molecule has 0 aliphatic heterocycles. The normalized spacial score (nSPS) is 10.7. The van der Waals surface area contributed by atoms with Crippen LogP contribution in [0.4, 0.5) is 17.1 Å². The zero-order valence-electron chi connectivity index (χ0n) is 15.5. The lowest BCUT2D eigenvalue weighted by Crippen LogP contribution is -2.12. The van der Waals surface area contributed by atoms with E-state index < -0.39 is 10.8 Å². The third-order valence-electron chi connectivity index (χ3n) is 4.03. The number of phenolic OH excluding ortho intramolecular Hbond substituents is 1. The molecule has 0 bridgehead atoms. The molecule has 0 heterocycles. The number of nitrogens with zero attached hydrogens (tertiary/aromatic N) is 2. The van der Waals surface area contributed by atoms with Crippen LogP contribution in [0.5, 0.6) is 5.75 Å². The van der Waals surface area contributed by atoms with E-state index in [0.29, 0.717) is 11.3 Å². The lowest BCUT2D eigenvalue weighted by atomic mass is 10.1. The van der Waals surface area contributed by atoms with Gasteiger partial charge in [0.25, 0.3) is 11.6 Å². The standard InChI is InChI=1S/C21H18N4O4/c1-14-5-8-17(9-6-14)23-21(27)16-7-10-19(20(12-16)25(28)29)24-22-13-15-3-2-4-18(26)11-15/h2-13,24,26H,1H3,(H,23,27)/b22-13-. The Kier molecular flexibility index (Phi) is 5.84. The van der Waals surface area contributed by atoms with Crippen LogP contribution in [0.2, 0.25) is 0 Å². The Labute approximate surface area is 166 Å². The van der Waals surface area contributed by atoms with Crippen molar-refractivity contribution in [1.29, 1.82) is 0 Å². The first-order valence-corrected chi connectivity index (χ1v) is 8.67. The average molecular weight is 390 g/mol. The Morgan fingerprint density at radius 1 is 1.10 bits per heavy atom. The van der Waals surface area contributed by atoms with Crippen molar-refractivity contribution in [3.8, 4) is 5.75 Å². The molecule has 1 amide bonds. The number of nitro groups is 1. The van der Waals surface area contributed by atoms with Gasteiger partial charge >= 0.3 is 0 Å². The van der Waals surface area contributed by atoms with E-state index in [1.165, 1.54) is 36.5 Å². The molecule has 8 heteroatoms. The maximum Gasteiger partial charge on any atom is 0.294 e. The molecule has 3 rings (SSSR count). The number of aromatic hydroxyl groups is 1. The number of phenols is 1. The van der Waals surface area contributed by atoms with Crippen molar-refractivity contribution in [3.05, 3.63) is 93.5 Å². The summed E-state index contributed by atoms with van der Waals surface area (Å²) in [7, 11) is 0. The summed E-state index contributed by atoms with van der Waals surface area (Å²) in [6.45, 7) is 1.93. The Bertz CT molecular complexity index is 1080. The molecule has 0 aromatic heterocycles. The van der Waals surface area contributed by atoms with Gasteiger partial charge in [-0.2, -0.15) is 5.10 Å². The minimum Gasteiger partial charge on any atom is -0.508 e. The molecule has 29 heavy (non-hydrogen) atoms. The van der Waals surface area contributed by atoms with E-state index in [1.54, 1.807) is 24.3 Å². The number of benzene rings is 3. The van der Waals surface area contributed by atoms with Crippen LogP contribution in [-0.2, 0) is 0 Å². The van der Waals surface area contributed by atoms with E-state index in [0.717, 1.165) is 5.56 Å². The van der Waals surface area contributed by atoms with Gasteiger partial charge in [0.05, 0.1) is 11.1 Å². The molecule has 0 saturated carbocycles. The van der Waals surface area contributed by atoms with Crippen molar-refractivity contribution >= 4 is 29.2 Å². The summed E-state index contributed by atoms with van der Waals surface area (Å²) < 4.78 is 0. The lowest BCUT2D eigenvalue weighted by molar-refractivity contribution is -0.384. The highest BCUT2D eigenvalue weighted by Crippen LogP contribution is 2.26. The van der Waals surface area contributed by atoms with E-state index in [1.807, 2.05) is 19.1 Å². The van der Waals surface area contributed by atoms with E-state index in [9.17, 15) is 20.0 Å². The van der Waals surface area contributed by atoms with Crippen molar-refractivity contribution in [1.82, 2.24) is 0 Å². The summed E-state index contributed by atoms with van der Waals surface area (Å²) in [5.74, 6) is -0.365. The first-order valence-electron chi connectivity index (χ1n) is 8.67. The molecule has 3 aromatic rings. The van der Waals surface area contributed by atoms with E-state index >= 15 is 0 Å². The molecule has 0 aliphatic rings. The quantitative estimate of drug-likeness (QED) is 0.329. The van der Waals surface area contributed by atoms with Gasteiger partial charge in [0.1, 0.15) is 11.4 Å². The molecular formula is C21H18N4O4. The van der Waals surface area contributed by atoms with Crippen LogP contribution in [0, 0.1) is 17.0 Å². The number of carbonyl (C=O) groups is 1. The third kappa shape index (κ3) is 5.16.